The quantitative estimate of drug-likeness (QED) is 0.768. The lowest BCUT2D eigenvalue weighted by Gasteiger charge is -2.09. The summed E-state index contributed by atoms with van der Waals surface area (Å²) in [7, 11) is 0. The number of amides is 1. The minimum Gasteiger partial charge on any atom is -0.483 e. The first-order valence-corrected chi connectivity index (χ1v) is 8.43. The van der Waals surface area contributed by atoms with Crippen LogP contribution in [0.15, 0.2) is 45.3 Å². The molecule has 0 unspecified atom stereocenters. The molecule has 0 bridgehead atoms. The van der Waals surface area contributed by atoms with E-state index >= 15 is 0 Å². The van der Waals surface area contributed by atoms with Crippen molar-refractivity contribution in [2.75, 3.05) is 13.4 Å². The van der Waals surface area contributed by atoms with Gasteiger partial charge in [0, 0.05) is 11.0 Å². The number of nitrogens with one attached hydrogen (secondary N) is 1. The molecule has 0 fully saturated rings. The molecular weight excluding hydrogens is 430 g/mol. The summed E-state index contributed by atoms with van der Waals surface area (Å²) >= 11 is 6.75. The van der Waals surface area contributed by atoms with Gasteiger partial charge in [0.15, 0.2) is 18.1 Å². The maximum absolute atomic E-state index is 11.9. The van der Waals surface area contributed by atoms with Gasteiger partial charge >= 0.3 is 0 Å². The summed E-state index contributed by atoms with van der Waals surface area (Å²) < 4.78 is 17.8. The third-order valence-electron chi connectivity index (χ3n) is 3.18. The third-order valence-corrected chi connectivity index (χ3v) is 4.29. The van der Waals surface area contributed by atoms with Gasteiger partial charge in [0.05, 0.1) is 4.47 Å². The van der Waals surface area contributed by atoms with Gasteiger partial charge in [-0.25, -0.2) is 0 Å². The van der Waals surface area contributed by atoms with Crippen LogP contribution in [0.2, 0.25) is 0 Å². The highest BCUT2D eigenvalue weighted by atomic mass is 79.9. The molecular formula is C16H13Br2NO4. The van der Waals surface area contributed by atoms with Crippen LogP contribution in [0.3, 0.4) is 0 Å². The summed E-state index contributed by atoms with van der Waals surface area (Å²) in [4.78, 5) is 11.9. The lowest BCUT2D eigenvalue weighted by atomic mass is 10.2. The number of carbonyl (C=O) groups is 1. The van der Waals surface area contributed by atoms with Crippen LogP contribution in [0.25, 0.3) is 0 Å². The van der Waals surface area contributed by atoms with Gasteiger partial charge < -0.3 is 19.5 Å². The van der Waals surface area contributed by atoms with Gasteiger partial charge in [-0.15, -0.1) is 0 Å². The van der Waals surface area contributed by atoms with Crippen LogP contribution in [-0.4, -0.2) is 19.3 Å². The molecule has 5 nitrogen and oxygen atoms in total. The van der Waals surface area contributed by atoms with E-state index < -0.39 is 0 Å². The predicted molar refractivity (Wildman–Crippen MR) is 91.7 cm³/mol. The van der Waals surface area contributed by atoms with Crippen LogP contribution < -0.4 is 19.5 Å². The van der Waals surface area contributed by atoms with Crippen molar-refractivity contribution in [3.8, 4) is 17.2 Å². The first-order chi connectivity index (χ1) is 11.1. The molecule has 0 aromatic heterocycles. The van der Waals surface area contributed by atoms with E-state index in [4.69, 9.17) is 14.2 Å². The van der Waals surface area contributed by atoms with Crippen molar-refractivity contribution in [2.24, 2.45) is 0 Å². The fourth-order valence-corrected chi connectivity index (χ4v) is 3.20. The molecule has 0 aliphatic carbocycles. The van der Waals surface area contributed by atoms with Crippen molar-refractivity contribution in [3.05, 3.63) is 50.9 Å². The predicted octanol–water partition coefficient (Wildman–Crippen LogP) is 3.64. The van der Waals surface area contributed by atoms with Gasteiger partial charge in [0.2, 0.25) is 6.79 Å². The summed E-state index contributed by atoms with van der Waals surface area (Å²) in [6.07, 6.45) is 0. The molecule has 120 valence electrons. The fraction of sp³-hybridized carbons (Fsp3) is 0.188. The minimum absolute atomic E-state index is 0.0508. The number of hydrogen-bond donors (Lipinski definition) is 1. The molecule has 0 saturated carbocycles. The number of rotatable bonds is 5. The smallest absolute Gasteiger partial charge is 0.258 e. The molecule has 1 amide bonds. The molecule has 1 aliphatic heterocycles. The summed E-state index contributed by atoms with van der Waals surface area (Å²) in [5, 5.41) is 2.81. The lowest BCUT2D eigenvalue weighted by Crippen LogP contribution is -2.28. The zero-order valence-electron chi connectivity index (χ0n) is 12.0. The average molecular weight is 443 g/mol. The molecule has 3 rings (SSSR count). The fourth-order valence-electron chi connectivity index (χ4n) is 2.04. The Balaban J connectivity index is 1.50. The number of hydrogen-bond acceptors (Lipinski definition) is 4. The zero-order valence-corrected chi connectivity index (χ0v) is 15.1. The Kier molecular flexibility index (Phi) is 5.07. The number of carbonyl (C=O) groups excluding carboxylic acids is 1. The Bertz CT molecular complexity index is 736. The molecule has 1 aliphatic rings. The van der Waals surface area contributed by atoms with E-state index in [2.05, 4.69) is 37.2 Å². The summed E-state index contributed by atoms with van der Waals surface area (Å²) in [5.74, 6) is 1.85. The minimum atomic E-state index is -0.197. The molecule has 7 heteroatoms. The van der Waals surface area contributed by atoms with Crippen molar-refractivity contribution >= 4 is 37.8 Å². The lowest BCUT2D eigenvalue weighted by molar-refractivity contribution is -0.123. The van der Waals surface area contributed by atoms with E-state index in [0.717, 1.165) is 20.3 Å². The second-order valence-electron chi connectivity index (χ2n) is 4.83. The second-order valence-corrected chi connectivity index (χ2v) is 6.60. The van der Waals surface area contributed by atoms with E-state index in [1.807, 2.05) is 30.3 Å². The van der Waals surface area contributed by atoms with Gasteiger partial charge in [-0.2, -0.15) is 0 Å². The molecule has 0 spiro atoms. The molecule has 1 heterocycles. The van der Waals surface area contributed by atoms with Crippen molar-refractivity contribution < 1.29 is 19.0 Å². The van der Waals surface area contributed by atoms with Crippen LogP contribution in [0.1, 0.15) is 5.56 Å². The first-order valence-electron chi connectivity index (χ1n) is 6.85. The van der Waals surface area contributed by atoms with Crippen molar-refractivity contribution in [1.29, 1.82) is 0 Å². The monoisotopic (exact) mass is 441 g/mol. The third kappa shape index (κ3) is 4.17. The number of ether oxygens (including phenoxy) is 3. The first kappa shape index (κ1) is 16.1. The van der Waals surface area contributed by atoms with E-state index in [1.54, 1.807) is 6.07 Å². The van der Waals surface area contributed by atoms with E-state index in [0.29, 0.717) is 18.0 Å². The van der Waals surface area contributed by atoms with Gasteiger partial charge in [0.1, 0.15) is 5.75 Å². The zero-order chi connectivity index (χ0) is 16.2. The molecule has 0 saturated heterocycles. The van der Waals surface area contributed by atoms with Gasteiger partial charge in [-0.1, -0.05) is 22.0 Å². The van der Waals surface area contributed by atoms with Crippen LogP contribution in [0, 0.1) is 0 Å². The molecule has 0 radical (unpaired) electrons. The topological polar surface area (TPSA) is 56.8 Å². The highest BCUT2D eigenvalue weighted by Gasteiger charge is 2.13. The Morgan fingerprint density at radius 2 is 1.96 bits per heavy atom. The van der Waals surface area contributed by atoms with Gasteiger partial charge in [-0.3, -0.25) is 4.79 Å². The number of halogens is 2. The van der Waals surface area contributed by atoms with Crippen LogP contribution in [-0.2, 0) is 11.3 Å². The normalized spacial score (nSPS) is 12.1. The SMILES string of the molecule is O=C(COc1ccc(Br)cc1Br)NCc1ccc2c(c1)OCO2. The highest BCUT2D eigenvalue weighted by molar-refractivity contribution is 9.11. The maximum Gasteiger partial charge on any atom is 0.258 e. The molecule has 23 heavy (non-hydrogen) atoms. The van der Waals surface area contributed by atoms with E-state index in [9.17, 15) is 4.79 Å². The van der Waals surface area contributed by atoms with Crippen molar-refractivity contribution in [3.63, 3.8) is 0 Å². The Morgan fingerprint density at radius 3 is 2.78 bits per heavy atom. The summed E-state index contributed by atoms with van der Waals surface area (Å²) in [6.45, 7) is 0.589. The van der Waals surface area contributed by atoms with E-state index in [1.165, 1.54) is 0 Å². The van der Waals surface area contributed by atoms with Crippen LogP contribution in [0.5, 0.6) is 17.2 Å². The Morgan fingerprint density at radius 1 is 1.13 bits per heavy atom. The average Bonchev–Trinajstić information content (AvgIpc) is 2.99. The van der Waals surface area contributed by atoms with Crippen molar-refractivity contribution in [1.82, 2.24) is 5.32 Å². The molecule has 2 aromatic rings. The van der Waals surface area contributed by atoms with E-state index in [-0.39, 0.29) is 19.3 Å². The van der Waals surface area contributed by atoms with Crippen molar-refractivity contribution in [2.45, 2.75) is 6.54 Å². The maximum atomic E-state index is 11.9. The number of fused-ring (bicyclic) bond motifs is 1. The standard InChI is InChI=1S/C16H13Br2NO4/c17-11-2-4-13(12(18)6-11)21-8-16(20)19-7-10-1-3-14-15(5-10)23-9-22-14/h1-6H,7-9H2,(H,19,20). The largest absolute Gasteiger partial charge is 0.483 e. The Hall–Kier alpha value is -1.73. The summed E-state index contributed by atoms with van der Waals surface area (Å²) in [6, 6.07) is 11.1. The number of benzene rings is 2. The van der Waals surface area contributed by atoms with Gasteiger partial charge in [0.25, 0.3) is 5.91 Å². The Labute approximate surface area is 150 Å². The molecule has 2 aromatic carbocycles. The molecule has 1 N–H and O–H groups in total. The second kappa shape index (κ2) is 7.23. The highest BCUT2D eigenvalue weighted by Crippen LogP contribution is 2.32. The summed E-state index contributed by atoms with van der Waals surface area (Å²) in [5.41, 5.74) is 0.937. The van der Waals surface area contributed by atoms with Gasteiger partial charge in [-0.05, 0) is 51.8 Å². The van der Waals surface area contributed by atoms with Crippen LogP contribution in [0.4, 0.5) is 0 Å². The van der Waals surface area contributed by atoms with Crippen LogP contribution >= 0.6 is 31.9 Å². The molecule has 0 atom stereocenters.